The van der Waals surface area contributed by atoms with Crippen LogP contribution in [0.1, 0.15) is 38.3 Å². The predicted octanol–water partition coefficient (Wildman–Crippen LogP) is 5.29. The lowest BCUT2D eigenvalue weighted by atomic mass is 9.58. The zero-order chi connectivity index (χ0) is 20.1. The summed E-state index contributed by atoms with van der Waals surface area (Å²) >= 11 is 0. The topological polar surface area (TPSA) is 84.7 Å². The van der Waals surface area contributed by atoms with Crippen molar-refractivity contribution in [2.75, 3.05) is 0 Å². The summed E-state index contributed by atoms with van der Waals surface area (Å²) in [5.41, 5.74) is 1.55. The van der Waals surface area contributed by atoms with Crippen LogP contribution in [0.15, 0.2) is 30.6 Å². The van der Waals surface area contributed by atoms with Gasteiger partial charge in [-0.3, -0.25) is 10.1 Å². The Morgan fingerprint density at radius 1 is 1.24 bits per heavy atom. The molecule has 6 nitrogen and oxygen atoms in total. The van der Waals surface area contributed by atoms with E-state index >= 15 is 0 Å². The number of hydrogen-bond acceptors (Lipinski definition) is 4. The van der Waals surface area contributed by atoms with E-state index in [-0.39, 0.29) is 11.5 Å². The number of benzene rings is 1. The van der Waals surface area contributed by atoms with Crippen LogP contribution in [-0.4, -0.2) is 19.9 Å². The highest BCUT2D eigenvalue weighted by molar-refractivity contribution is 5.98. The molecule has 6 rings (SSSR count). The van der Waals surface area contributed by atoms with Gasteiger partial charge in [0, 0.05) is 23.2 Å². The van der Waals surface area contributed by atoms with Crippen LogP contribution in [0.3, 0.4) is 0 Å². The summed E-state index contributed by atoms with van der Waals surface area (Å²) in [6.45, 7) is 2.31. The first kappa shape index (κ1) is 18.2. The molecule has 150 valence electrons. The Hall–Kier alpha value is -2.83. The van der Waals surface area contributed by atoms with Crippen molar-refractivity contribution >= 4 is 16.6 Å². The second kappa shape index (κ2) is 6.90. The fraction of sp³-hybridized carbons (Fsp3) is 0.455. The van der Waals surface area contributed by atoms with E-state index in [1.165, 1.54) is 37.9 Å². The van der Waals surface area contributed by atoms with E-state index in [2.05, 4.69) is 21.9 Å². The molecule has 2 heterocycles. The van der Waals surface area contributed by atoms with Gasteiger partial charge in [0.25, 0.3) is 5.69 Å². The van der Waals surface area contributed by atoms with Crippen LogP contribution < -0.4 is 0 Å². The molecule has 0 saturated heterocycles. The van der Waals surface area contributed by atoms with E-state index in [9.17, 15) is 14.5 Å². The molecule has 7 heteroatoms. The summed E-state index contributed by atoms with van der Waals surface area (Å²) in [4.78, 5) is 22.6. The van der Waals surface area contributed by atoms with E-state index < -0.39 is 4.92 Å². The van der Waals surface area contributed by atoms with Gasteiger partial charge in [0.1, 0.15) is 5.52 Å². The lowest BCUT2D eigenvalue weighted by molar-refractivity contribution is -0.383. The number of nitrogens with one attached hydrogen (secondary N) is 1. The average molecular weight is 394 g/mol. The lowest BCUT2D eigenvalue weighted by Crippen LogP contribution is -2.39. The van der Waals surface area contributed by atoms with Gasteiger partial charge < -0.3 is 4.98 Å². The summed E-state index contributed by atoms with van der Waals surface area (Å²) in [5.74, 6) is 2.50. The third kappa shape index (κ3) is 2.99. The van der Waals surface area contributed by atoms with Gasteiger partial charge in [-0.25, -0.2) is 14.4 Å². The fourth-order valence-electron chi connectivity index (χ4n) is 5.60. The number of H-pyrrole nitrogens is 1. The van der Waals surface area contributed by atoms with Gasteiger partial charge in [-0.2, -0.15) is 0 Å². The Bertz CT molecular complexity index is 1090. The Labute approximate surface area is 167 Å². The number of nitrogens with zero attached hydrogens (tertiary/aromatic N) is 3. The molecule has 2 atom stereocenters. The Balaban J connectivity index is 1.51. The molecular formula is C22H23FN4O2. The third-order valence-electron chi connectivity index (χ3n) is 7.22. The highest BCUT2D eigenvalue weighted by Crippen LogP contribution is 2.49. The highest BCUT2D eigenvalue weighted by atomic mass is 19.1. The molecule has 0 aliphatic heterocycles. The fourth-order valence-corrected chi connectivity index (χ4v) is 5.60. The predicted molar refractivity (Wildman–Crippen MR) is 108 cm³/mol. The second-order valence-electron chi connectivity index (χ2n) is 8.55. The van der Waals surface area contributed by atoms with Crippen LogP contribution in [0, 0.1) is 39.6 Å². The summed E-state index contributed by atoms with van der Waals surface area (Å²) < 4.78 is 14.6. The molecule has 3 aliphatic carbocycles. The summed E-state index contributed by atoms with van der Waals surface area (Å²) in [6, 6.07) is 4.89. The van der Waals surface area contributed by atoms with Crippen molar-refractivity contribution in [2.45, 2.75) is 39.0 Å². The monoisotopic (exact) mass is 394 g/mol. The largest absolute Gasteiger partial charge is 0.355 e. The van der Waals surface area contributed by atoms with Crippen molar-refractivity contribution in [3.05, 3.63) is 52.2 Å². The normalized spacial score (nSPS) is 26.1. The van der Waals surface area contributed by atoms with Crippen molar-refractivity contribution in [1.82, 2.24) is 15.0 Å². The SMILES string of the molecule is CC1C2CCC(CC2)C1Cc1nc(-c2c[nH]c3c([N+](=O)[O-])cccc23)ncc1F. The number of nitro benzene ring substituents is 1. The smallest absolute Gasteiger partial charge is 0.293 e. The van der Waals surface area contributed by atoms with Gasteiger partial charge >= 0.3 is 0 Å². The number of halogens is 1. The molecule has 1 aromatic carbocycles. The van der Waals surface area contributed by atoms with E-state index in [4.69, 9.17) is 0 Å². The molecular weight excluding hydrogens is 371 g/mol. The van der Waals surface area contributed by atoms with Crippen molar-refractivity contribution in [3.63, 3.8) is 0 Å². The van der Waals surface area contributed by atoms with Crippen LogP contribution in [-0.2, 0) is 6.42 Å². The molecule has 2 bridgehead atoms. The zero-order valence-electron chi connectivity index (χ0n) is 16.3. The molecule has 1 N–H and O–H groups in total. The van der Waals surface area contributed by atoms with E-state index in [1.54, 1.807) is 18.3 Å². The maximum Gasteiger partial charge on any atom is 0.293 e. The zero-order valence-corrected chi connectivity index (χ0v) is 16.3. The molecule has 0 radical (unpaired) electrons. The molecule has 0 spiro atoms. The first-order valence-corrected chi connectivity index (χ1v) is 10.3. The van der Waals surface area contributed by atoms with Crippen molar-refractivity contribution in [1.29, 1.82) is 0 Å². The van der Waals surface area contributed by atoms with Gasteiger partial charge in [0.15, 0.2) is 11.6 Å². The van der Waals surface area contributed by atoms with Crippen LogP contribution >= 0.6 is 0 Å². The van der Waals surface area contributed by atoms with E-state index in [0.29, 0.717) is 52.2 Å². The number of fused-ring (bicyclic) bond motifs is 4. The van der Waals surface area contributed by atoms with Crippen LogP contribution in [0.5, 0.6) is 0 Å². The van der Waals surface area contributed by atoms with Crippen molar-refractivity contribution in [3.8, 4) is 11.4 Å². The quantitative estimate of drug-likeness (QED) is 0.481. The minimum atomic E-state index is -0.418. The van der Waals surface area contributed by atoms with E-state index in [0.717, 1.165) is 5.92 Å². The van der Waals surface area contributed by atoms with Crippen LogP contribution in [0.4, 0.5) is 10.1 Å². The Kier molecular flexibility index (Phi) is 4.33. The first-order chi connectivity index (χ1) is 14.0. The summed E-state index contributed by atoms with van der Waals surface area (Å²) in [7, 11) is 0. The minimum absolute atomic E-state index is 0.00291. The van der Waals surface area contributed by atoms with Gasteiger partial charge in [-0.15, -0.1) is 0 Å². The van der Waals surface area contributed by atoms with Crippen molar-refractivity contribution < 1.29 is 9.31 Å². The molecule has 2 unspecified atom stereocenters. The number of non-ortho nitro benzene ring substituents is 1. The second-order valence-corrected chi connectivity index (χ2v) is 8.55. The van der Waals surface area contributed by atoms with Crippen LogP contribution in [0.25, 0.3) is 22.3 Å². The molecule has 3 aromatic rings. The van der Waals surface area contributed by atoms with Crippen molar-refractivity contribution in [2.24, 2.45) is 23.7 Å². The number of para-hydroxylation sites is 1. The highest BCUT2D eigenvalue weighted by Gasteiger charge is 2.41. The Morgan fingerprint density at radius 2 is 2.00 bits per heavy atom. The minimum Gasteiger partial charge on any atom is -0.355 e. The molecule has 0 amide bonds. The molecule has 3 aliphatic rings. The number of aromatic nitrogens is 3. The molecule has 3 saturated carbocycles. The summed E-state index contributed by atoms with van der Waals surface area (Å²) in [6.07, 6.45) is 8.62. The summed E-state index contributed by atoms with van der Waals surface area (Å²) in [5, 5.41) is 11.9. The van der Waals surface area contributed by atoms with Crippen LogP contribution in [0.2, 0.25) is 0 Å². The molecule has 29 heavy (non-hydrogen) atoms. The van der Waals surface area contributed by atoms with Gasteiger partial charge in [0.2, 0.25) is 0 Å². The number of aromatic amines is 1. The van der Waals surface area contributed by atoms with E-state index in [1.807, 2.05) is 0 Å². The van der Waals surface area contributed by atoms with Gasteiger partial charge in [0.05, 0.1) is 16.8 Å². The lowest BCUT2D eigenvalue weighted by Gasteiger charge is -2.47. The van der Waals surface area contributed by atoms with Gasteiger partial charge in [-0.05, 0) is 55.8 Å². The third-order valence-corrected chi connectivity index (χ3v) is 7.22. The van der Waals surface area contributed by atoms with Gasteiger partial charge in [-0.1, -0.05) is 19.1 Å². The Morgan fingerprint density at radius 3 is 2.72 bits per heavy atom. The maximum atomic E-state index is 14.6. The first-order valence-electron chi connectivity index (χ1n) is 10.3. The number of hydrogen-bond donors (Lipinski definition) is 1. The molecule has 2 aromatic heterocycles. The maximum absolute atomic E-state index is 14.6. The average Bonchev–Trinajstić information content (AvgIpc) is 3.16. The number of nitro groups is 1. The standard InChI is InChI=1S/C22H23FN4O2/c1-12-13-5-7-14(8-6-13)16(12)9-19-18(23)11-25-22(26-19)17-10-24-21-15(17)3-2-4-20(21)27(28)29/h2-4,10-14,16,24H,5-9H2,1H3. The molecule has 3 fully saturated rings. The number of rotatable bonds is 4.